The molecule has 1 aliphatic heterocycles. The number of phenolic OH excluding ortho intramolecular Hbond substituents is 1. The Labute approximate surface area is 146 Å². The first-order chi connectivity index (χ1) is 11.6. The van der Waals surface area contributed by atoms with Gasteiger partial charge in [-0.05, 0) is 58.1 Å². The smallest absolute Gasteiger partial charge is 0.135 e. The van der Waals surface area contributed by atoms with Crippen LogP contribution in [-0.2, 0) is 6.54 Å². The summed E-state index contributed by atoms with van der Waals surface area (Å²) in [4.78, 5) is 4.95. The average Bonchev–Trinajstić information content (AvgIpc) is 2.60. The molecule has 128 valence electrons. The van der Waals surface area contributed by atoms with Gasteiger partial charge in [0.05, 0.1) is 5.56 Å². The molecule has 1 fully saturated rings. The van der Waals surface area contributed by atoms with Crippen molar-refractivity contribution in [1.82, 2.24) is 9.80 Å². The van der Waals surface area contributed by atoms with E-state index in [9.17, 15) is 5.11 Å². The van der Waals surface area contributed by atoms with Crippen LogP contribution in [0, 0.1) is 24.2 Å². The fourth-order valence-corrected chi connectivity index (χ4v) is 3.57. The van der Waals surface area contributed by atoms with Gasteiger partial charge in [-0.1, -0.05) is 25.7 Å². The Morgan fingerprint density at radius 3 is 2.46 bits per heavy atom. The third-order valence-corrected chi connectivity index (χ3v) is 4.89. The number of terminal acetylenes is 1. The highest BCUT2D eigenvalue weighted by atomic mass is 16.3. The molecule has 0 bridgehead atoms. The van der Waals surface area contributed by atoms with Crippen LogP contribution < -0.4 is 0 Å². The summed E-state index contributed by atoms with van der Waals surface area (Å²) in [6.07, 6.45) is 7.88. The molecule has 1 heterocycles. The van der Waals surface area contributed by atoms with Crippen LogP contribution in [-0.4, -0.2) is 47.1 Å². The monoisotopic (exact) mass is 324 g/mol. The van der Waals surface area contributed by atoms with Gasteiger partial charge in [-0.2, -0.15) is 0 Å². The average molecular weight is 324 g/mol. The first kappa shape index (κ1) is 18.4. The Morgan fingerprint density at radius 1 is 1.25 bits per heavy atom. The van der Waals surface area contributed by atoms with E-state index in [0.717, 1.165) is 43.9 Å². The minimum Gasteiger partial charge on any atom is -0.506 e. The van der Waals surface area contributed by atoms with Crippen LogP contribution in [0.15, 0.2) is 12.1 Å². The molecule has 0 radical (unpaired) electrons. The number of benzene rings is 1. The molecule has 3 nitrogen and oxygen atoms in total. The first-order valence-corrected chi connectivity index (χ1v) is 8.84. The van der Waals surface area contributed by atoms with Gasteiger partial charge < -0.3 is 10.0 Å². The van der Waals surface area contributed by atoms with Crippen LogP contribution >= 0.6 is 0 Å². The zero-order chi connectivity index (χ0) is 17.5. The number of hydrogen-bond donors (Lipinski definition) is 1. The predicted octanol–water partition coefficient (Wildman–Crippen LogP) is 3.05. The van der Waals surface area contributed by atoms with Crippen molar-refractivity contribution in [2.24, 2.45) is 0 Å². The quantitative estimate of drug-likeness (QED) is 0.843. The lowest BCUT2D eigenvalue weighted by molar-refractivity contribution is 0.112. The highest BCUT2D eigenvalue weighted by Gasteiger charge is 2.23. The van der Waals surface area contributed by atoms with Gasteiger partial charge >= 0.3 is 0 Å². The maximum Gasteiger partial charge on any atom is 0.135 e. The third-order valence-electron chi connectivity index (χ3n) is 4.89. The molecule has 0 saturated carbocycles. The molecule has 0 spiro atoms. The van der Waals surface area contributed by atoms with Gasteiger partial charge in [-0.15, -0.1) is 12.3 Å². The van der Waals surface area contributed by atoms with Crippen molar-refractivity contribution >= 4 is 0 Å². The van der Waals surface area contributed by atoms with Gasteiger partial charge in [0.1, 0.15) is 5.75 Å². The van der Waals surface area contributed by atoms with Crippen molar-refractivity contribution in [2.75, 3.05) is 26.2 Å². The van der Waals surface area contributed by atoms with Crippen molar-refractivity contribution < 1.29 is 5.11 Å². The van der Waals surface area contributed by atoms with E-state index in [1.54, 1.807) is 13.0 Å². The molecule has 0 unspecified atom stereocenters. The summed E-state index contributed by atoms with van der Waals surface area (Å²) in [5, 5.41) is 10.4. The number of rotatable bonds is 5. The van der Waals surface area contributed by atoms with Crippen molar-refractivity contribution in [1.29, 1.82) is 0 Å². The Morgan fingerprint density at radius 2 is 1.92 bits per heavy atom. The van der Waals surface area contributed by atoms with Crippen molar-refractivity contribution in [2.45, 2.75) is 46.2 Å². The lowest BCUT2D eigenvalue weighted by Gasteiger charge is -2.37. The molecule has 0 amide bonds. The van der Waals surface area contributed by atoms with Crippen LogP contribution in [0.4, 0.5) is 0 Å². The number of likely N-dealkylation sites (tertiary alicyclic amines) is 1. The first-order valence-electron chi connectivity index (χ1n) is 8.84. The van der Waals surface area contributed by atoms with Gasteiger partial charge in [0.25, 0.3) is 0 Å². The SMILES string of the molecule is C#Cc1cc(C#CC)cc(CN2CCC(N(CC)CC)CC2)c1O. The molecule has 1 N–H and O–H groups in total. The highest BCUT2D eigenvalue weighted by Crippen LogP contribution is 2.27. The van der Waals surface area contributed by atoms with Crippen LogP contribution in [0.3, 0.4) is 0 Å². The molecule has 1 aromatic carbocycles. The predicted molar refractivity (Wildman–Crippen MR) is 99.8 cm³/mol. The molecular formula is C21H28N2O. The molecular weight excluding hydrogens is 296 g/mol. The molecule has 1 saturated heterocycles. The minimum atomic E-state index is 0.227. The maximum absolute atomic E-state index is 10.4. The fourth-order valence-electron chi connectivity index (χ4n) is 3.57. The van der Waals surface area contributed by atoms with Gasteiger partial charge in [0, 0.05) is 23.7 Å². The Bertz CT molecular complexity index is 651. The van der Waals surface area contributed by atoms with Crippen LogP contribution in [0.5, 0.6) is 5.75 Å². The van der Waals surface area contributed by atoms with E-state index >= 15 is 0 Å². The van der Waals surface area contributed by atoms with Gasteiger partial charge in [-0.25, -0.2) is 0 Å². The third kappa shape index (κ3) is 4.32. The minimum absolute atomic E-state index is 0.227. The second kappa shape index (κ2) is 8.78. The molecule has 3 heteroatoms. The molecule has 24 heavy (non-hydrogen) atoms. The standard InChI is InChI=1S/C21H28N2O/c1-5-9-17-14-18(6-2)21(24)19(15-17)16-22-12-10-20(11-13-22)23(7-3)8-4/h2,14-15,20,24H,7-8,10-13,16H2,1,3-4H3. The van der Waals surface area contributed by atoms with Crippen molar-refractivity contribution in [3.05, 3.63) is 28.8 Å². The van der Waals surface area contributed by atoms with E-state index in [-0.39, 0.29) is 5.75 Å². The van der Waals surface area contributed by atoms with E-state index in [4.69, 9.17) is 6.42 Å². The Hall–Kier alpha value is -1.94. The maximum atomic E-state index is 10.4. The second-order valence-electron chi connectivity index (χ2n) is 6.28. The number of piperidine rings is 1. The molecule has 0 aromatic heterocycles. The van der Waals surface area contributed by atoms with Gasteiger partial charge in [-0.3, -0.25) is 4.90 Å². The lowest BCUT2D eigenvalue weighted by atomic mass is 10.0. The van der Waals surface area contributed by atoms with E-state index in [2.05, 4.69) is 41.4 Å². The van der Waals surface area contributed by atoms with Gasteiger partial charge in [0.2, 0.25) is 0 Å². The van der Waals surface area contributed by atoms with Crippen LogP contribution in [0.1, 0.15) is 50.3 Å². The summed E-state index contributed by atoms with van der Waals surface area (Å²) in [5.74, 6) is 8.73. The number of hydrogen-bond acceptors (Lipinski definition) is 3. The summed E-state index contributed by atoms with van der Waals surface area (Å²) in [6.45, 7) is 11.3. The van der Waals surface area contributed by atoms with E-state index < -0.39 is 0 Å². The van der Waals surface area contributed by atoms with Gasteiger partial charge in [0.15, 0.2) is 0 Å². The Balaban J connectivity index is 2.08. The van der Waals surface area contributed by atoms with Crippen molar-refractivity contribution in [3.8, 4) is 29.9 Å². The normalized spacial score (nSPS) is 15.8. The van der Waals surface area contributed by atoms with Crippen molar-refractivity contribution in [3.63, 3.8) is 0 Å². The number of phenols is 1. The summed E-state index contributed by atoms with van der Waals surface area (Å²) < 4.78 is 0. The summed E-state index contributed by atoms with van der Waals surface area (Å²) in [6, 6.07) is 4.42. The highest BCUT2D eigenvalue weighted by molar-refractivity contribution is 5.54. The van der Waals surface area contributed by atoms with E-state index in [1.165, 1.54) is 12.8 Å². The van der Waals surface area contributed by atoms with Crippen LogP contribution in [0.25, 0.3) is 0 Å². The molecule has 0 aliphatic carbocycles. The molecule has 1 aromatic rings. The molecule has 2 rings (SSSR count). The number of aromatic hydroxyl groups is 1. The zero-order valence-corrected chi connectivity index (χ0v) is 15.1. The number of nitrogens with zero attached hydrogens (tertiary/aromatic N) is 2. The molecule has 0 atom stereocenters. The fraction of sp³-hybridized carbons (Fsp3) is 0.524. The lowest BCUT2D eigenvalue weighted by Crippen LogP contribution is -2.44. The largest absolute Gasteiger partial charge is 0.506 e. The summed E-state index contributed by atoms with van der Waals surface area (Å²) >= 11 is 0. The van der Waals surface area contributed by atoms with E-state index in [1.807, 2.05) is 6.07 Å². The van der Waals surface area contributed by atoms with E-state index in [0.29, 0.717) is 11.6 Å². The molecule has 1 aliphatic rings. The topological polar surface area (TPSA) is 26.7 Å². The summed E-state index contributed by atoms with van der Waals surface area (Å²) in [5.41, 5.74) is 2.28. The second-order valence-corrected chi connectivity index (χ2v) is 6.28. The zero-order valence-electron chi connectivity index (χ0n) is 15.1. The van der Waals surface area contributed by atoms with Crippen LogP contribution in [0.2, 0.25) is 0 Å². The summed E-state index contributed by atoms with van der Waals surface area (Å²) in [7, 11) is 0. The Kier molecular flexibility index (Phi) is 6.73.